The molecule has 8 atom stereocenters. The number of fused-ring (bicyclic) bond motifs is 6. The molecule has 3 aliphatic carbocycles. The van der Waals surface area contributed by atoms with Crippen LogP contribution in [0.15, 0.2) is 23.3 Å². The lowest BCUT2D eigenvalue weighted by Gasteiger charge is -2.59. The van der Waals surface area contributed by atoms with Gasteiger partial charge in [-0.1, -0.05) is 27.4 Å². The molecule has 192 valence electrons. The van der Waals surface area contributed by atoms with E-state index in [9.17, 15) is 9.90 Å². The molecule has 1 heterocycles. The van der Waals surface area contributed by atoms with E-state index < -0.39 is 11.9 Å². The van der Waals surface area contributed by atoms with Crippen molar-refractivity contribution in [2.24, 2.45) is 22.7 Å². The zero-order valence-corrected chi connectivity index (χ0v) is 22.0. The summed E-state index contributed by atoms with van der Waals surface area (Å²) in [6.07, 6.45) is 0.142. The predicted octanol–water partition coefficient (Wildman–Crippen LogP) is 4.14. The molecule has 4 aliphatic rings. The Bertz CT molecular complexity index is 874. The minimum absolute atomic E-state index is 0.0228. The highest BCUT2D eigenvalue weighted by atomic mass is 16.8. The molecule has 3 fully saturated rings. The van der Waals surface area contributed by atoms with Crippen molar-refractivity contribution in [2.45, 2.75) is 104 Å². The van der Waals surface area contributed by atoms with Gasteiger partial charge < -0.3 is 28.8 Å². The third-order valence-electron chi connectivity index (χ3n) is 8.93. The van der Waals surface area contributed by atoms with Gasteiger partial charge in [-0.25, -0.2) is 0 Å². The summed E-state index contributed by atoms with van der Waals surface area (Å²) >= 11 is 0. The van der Waals surface area contributed by atoms with Gasteiger partial charge in [-0.3, -0.25) is 4.79 Å². The molecule has 2 saturated carbocycles. The Kier molecular flexibility index (Phi) is 6.61. The van der Waals surface area contributed by atoms with Gasteiger partial charge in [0.05, 0.1) is 18.3 Å². The van der Waals surface area contributed by atoms with Crippen molar-refractivity contribution < 1.29 is 33.6 Å². The van der Waals surface area contributed by atoms with E-state index in [0.29, 0.717) is 12.8 Å². The minimum atomic E-state index is -0.777. The van der Waals surface area contributed by atoms with Crippen LogP contribution in [0.5, 0.6) is 0 Å². The molecule has 0 aromatic rings. The van der Waals surface area contributed by atoms with E-state index in [0.717, 1.165) is 23.1 Å². The number of rotatable bonds is 4. The second-order valence-corrected chi connectivity index (χ2v) is 11.9. The number of carbonyl (C=O) groups excluding carboxylic acids is 1. The first kappa shape index (κ1) is 25.8. The zero-order chi connectivity index (χ0) is 25.2. The van der Waals surface area contributed by atoms with E-state index in [4.69, 9.17) is 23.7 Å². The summed E-state index contributed by atoms with van der Waals surface area (Å²) in [5.74, 6) is -1.29. The van der Waals surface area contributed by atoms with Crippen LogP contribution in [0.3, 0.4) is 0 Å². The van der Waals surface area contributed by atoms with E-state index >= 15 is 0 Å². The monoisotopic (exact) mass is 478 g/mol. The standard InChI is InChI=1S/C27H42O7/c1-14-18(29)10-11-27(8)21(14)22(31-13-30-9)17-12-19(32-16(3)28)15(2)20(25(17,4)5)23-24(27)34-26(6,7)33-23/h17-19,21-24,29H,1,10-13H2,2-9H3/t17-,18-,19-,21-,22+,23+,24-,27+/m0/s1. The Morgan fingerprint density at radius 3 is 2.50 bits per heavy atom. The third kappa shape index (κ3) is 3.97. The van der Waals surface area contributed by atoms with Crippen molar-refractivity contribution in [3.8, 4) is 0 Å². The van der Waals surface area contributed by atoms with E-state index in [2.05, 4.69) is 34.3 Å². The lowest BCUT2D eigenvalue weighted by atomic mass is 9.49. The predicted molar refractivity (Wildman–Crippen MR) is 127 cm³/mol. The van der Waals surface area contributed by atoms with Crippen LogP contribution in [0.1, 0.15) is 67.7 Å². The molecule has 2 bridgehead atoms. The summed E-state index contributed by atoms with van der Waals surface area (Å²) in [6, 6.07) is 0. The molecule has 0 aromatic heterocycles. The van der Waals surface area contributed by atoms with Gasteiger partial charge in [-0.05, 0) is 68.1 Å². The van der Waals surface area contributed by atoms with Crippen molar-refractivity contribution in [3.05, 3.63) is 23.3 Å². The summed E-state index contributed by atoms with van der Waals surface area (Å²) < 4.78 is 31.0. The van der Waals surface area contributed by atoms with Crippen LogP contribution in [0, 0.1) is 22.7 Å². The van der Waals surface area contributed by atoms with E-state index in [1.54, 1.807) is 7.11 Å². The highest BCUT2D eigenvalue weighted by molar-refractivity contribution is 5.66. The van der Waals surface area contributed by atoms with Gasteiger partial charge >= 0.3 is 5.97 Å². The number of aliphatic hydroxyl groups excluding tert-OH is 1. The van der Waals surface area contributed by atoms with Gasteiger partial charge in [0.15, 0.2) is 5.79 Å². The van der Waals surface area contributed by atoms with Gasteiger partial charge in [0.2, 0.25) is 0 Å². The molecule has 0 unspecified atom stereocenters. The fourth-order valence-electron chi connectivity index (χ4n) is 7.43. The first-order chi connectivity index (χ1) is 15.7. The van der Waals surface area contributed by atoms with Crippen LogP contribution in [0.2, 0.25) is 0 Å². The molecule has 34 heavy (non-hydrogen) atoms. The normalized spacial score (nSPS) is 43.0. The van der Waals surface area contributed by atoms with Crippen molar-refractivity contribution in [1.82, 2.24) is 0 Å². The van der Waals surface area contributed by atoms with Gasteiger partial charge in [0, 0.05) is 25.4 Å². The highest BCUT2D eigenvalue weighted by Gasteiger charge is 2.65. The number of carbonyl (C=O) groups is 1. The summed E-state index contributed by atoms with van der Waals surface area (Å²) in [4.78, 5) is 12.1. The number of esters is 1. The fourth-order valence-corrected chi connectivity index (χ4v) is 7.43. The zero-order valence-electron chi connectivity index (χ0n) is 22.0. The van der Waals surface area contributed by atoms with Gasteiger partial charge in [-0.15, -0.1) is 0 Å². The Balaban J connectivity index is 1.97. The molecular formula is C27H42O7. The third-order valence-corrected chi connectivity index (χ3v) is 8.93. The maximum absolute atomic E-state index is 12.1. The molecule has 0 spiro atoms. The molecule has 7 heteroatoms. The molecule has 4 rings (SSSR count). The maximum Gasteiger partial charge on any atom is 0.303 e. The first-order valence-electron chi connectivity index (χ1n) is 12.5. The molecule has 0 amide bonds. The molecular weight excluding hydrogens is 436 g/mol. The highest BCUT2D eigenvalue weighted by Crippen LogP contribution is 2.62. The number of hydrogen-bond donors (Lipinski definition) is 1. The lowest BCUT2D eigenvalue weighted by Crippen LogP contribution is -2.62. The summed E-state index contributed by atoms with van der Waals surface area (Å²) in [7, 11) is 1.61. The Morgan fingerprint density at radius 2 is 1.88 bits per heavy atom. The van der Waals surface area contributed by atoms with Gasteiger partial charge in [0.25, 0.3) is 0 Å². The molecule has 0 radical (unpaired) electrons. The number of hydrogen-bond acceptors (Lipinski definition) is 7. The topological polar surface area (TPSA) is 83.5 Å². The van der Waals surface area contributed by atoms with Crippen molar-refractivity contribution in [3.63, 3.8) is 0 Å². The minimum Gasteiger partial charge on any atom is -0.458 e. The van der Waals surface area contributed by atoms with E-state index in [1.165, 1.54) is 6.92 Å². The van der Waals surface area contributed by atoms with E-state index in [-0.39, 0.29) is 59.8 Å². The van der Waals surface area contributed by atoms with Crippen LogP contribution in [-0.4, -0.2) is 61.3 Å². The molecule has 0 aromatic carbocycles. The van der Waals surface area contributed by atoms with Crippen molar-refractivity contribution in [2.75, 3.05) is 13.9 Å². The van der Waals surface area contributed by atoms with Crippen molar-refractivity contribution in [1.29, 1.82) is 0 Å². The summed E-state index contributed by atoms with van der Waals surface area (Å²) in [5.41, 5.74) is 2.23. The van der Waals surface area contributed by atoms with Gasteiger partial charge in [0.1, 0.15) is 19.0 Å². The first-order valence-corrected chi connectivity index (χ1v) is 12.5. The maximum atomic E-state index is 12.1. The van der Waals surface area contributed by atoms with Crippen LogP contribution < -0.4 is 0 Å². The fraction of sp³-hybridized carbons (Fsp3) is 0.815. The average molecular weight is 479 g/mol. The number of ether oxygens (including phenoxy) is 5. The second kappa shape index (κ2) is 8.70. The lowest BCUT2D eigenvalue weighted by molar-refractivity contribution is -0.192. The Hall–Kier alpha value is -1.25. The molecule has 1 aliphatic heterocycles. The number of methoxy groups -OCH3 is 1. The number of aliphatic hydroxyl groups is 1. The summed E-state index contributed by atoms with van der Waals surface area (Å²) in [6.45, 7) is 18.6. The quantitative estimate of drug-likeness (QED) is 0.369. The van der Waals surface area contributed by atoms with E-state index in [1.807, 2.05) is 13.8 Å². The van der Waals surface area contributed by atoms with Crippen LogP contribution in [0.25, 0.3) is 0 Å². The molecule has 1 saturated heterocycles. The van der Waals surface area contributed by atoms with Crippen LogP contribution in [-0.2, 0) is 28.5 Å². The second-order valence-electron chi connectivity index (χ2n) is 11.9. The summed E-state index contributed by atoms with van der Waals surface area (Å²) in [5, 5.41) is 10.9. The smallest absolute Gasteiger partial charge is 0.303 e. The Morgan fingerprint density at radius 1 is 1.21 bits per heavy atom. The Labute approximate surface area is 203 Å². The average Bonchev–Trinajstić information content (AvgIpc) is 3.04. The molecule has 1 N–H and O–H groups in total. The SMILES string of the molecule is C=C1[C@@H](O)CC[C@@]2(C)[C@H]3OC(C)(C)O[C@@H]3C3=C(C)[C@@H](OC(C)=O)C[C@@H]([C@@H](OCOC)[C@H]12)C3(C)C. The van der Waals surface area contributed by atoms with Crippen LogP contribution >= 0.6 is 0 Å². The van der Waals surface area contributed by atoms with Gasteiger partial charge in [-0.2, -0.15) is 0 Å². The van der Waals surface area contributed by atoms with Crippen LogP contribution in [0.4, 0.5) is 0 Å². The van der Waals surface area contributed by atoms with Crippen molar-refractivity contribution >= 4 is 5.97 Å². The largest absolute Gasteiger partial charge is 0.458 e. The molecule has 7 nitrogen and oxygen atoms in total.